The molecule has 154 valence electrons. The fourth-order valence-corrected chi connectivity index (χ4v) is 4.26. The molecular formula is C24H25N3O3. The van der Waals surface area contributed by atoms with Crippen LogP contribution in [0.4, 0.5) is 0 Å². The minimum Gasteiger partial charge on any atom is -0.485 e. The molecule has 5 rings (SSSR count). The van der Waals surface area contributed by atoms with Gasteiger partial charge in [-0.2, -0.15) is 0 Å². The Morgan fingerprint density at radius 2 is 1.73 bits per heavy atom. The summed E-state index contributed by atoms with van der Waals surface area (Å²) < 4.78 is 13.8. The summed E-state index contributed by atoms with van der Waals surface area (Å²) in [6.07, 6.45) is 5.30. The zero-order chi connectivity index (χ0) is 20.3. The summed E-state index contributed by atoms with van der Waals surface area (Å²) in [4.78, 5) is 19.4. The number of para-hydroxylation sites is 2. The number of rotatable bonds is 4. The van der Waals surface area contributed by atoms with Crippen molar-refractivity contribution in [1.29, 1.82) is 0 Å². The lowest BCUT2D eigenvalue weighted by Gasteiger charge is -2.35. The third-order valence-electron chi connectivity index (χ3n) is 5.91. The molecule has 3 aromatic rings. The Hall–Kier alpha value is -3.28. The number of carbonyl (C=O) groups is 1. The van der Waals surface area contributed by atoms with Crippen LogP contribution in [0.3, 0.4) is 0 Å². The molecule has 6 nitrogen and oxygen atoms in total. The van der Waals surface area contributed by atoms with Crippen LogP contribution in [0.1, 0.15) is 12.8 Å². The maximum absolute atomic E-state index is 12.9. The van der Waals surface area contributed by atoms with Gasteiger partial charge in [-0.1, -0.05) is 42.5 Å². The van der Waals surface area contributed by atoms with Crippen LogP contribution in [0.2, 0.25) is 0 Å². The van der Waals surface area contributed by atoms with Gasteiger partial charge < -0.3 is 18.9 Å². The van der Waals surface area contributed by atoms with E-state index in [1.807, 2.05) is 59.8 Å². The van der Waals surface area contributed by atoms with Crippen molar-refractivity contribution in [3.8, 4) is 22.9 Å². The van der Waals surface area contributed by atoms with E-state index < -0.39 is 6.10 Å². The maximum Gasteiger partial charge on any atom is 0.267 e. The number of carbonyl (C=O) groups excluding carboxylic acids is 1. The van der Waals surface area contributed by atoms with Crippen molar-refractivity contribution in [2.75, 3.05) is 19.7 Å². The van der Waals surface area contributed by atoms with E-state index in [4.69, 9.17) is 9.47 Å². The second-order valence-electron chi connectivity index (χ2n) is 7.90. The lowest BCUT2D eigenvalue weighted by molar-refractivity contribution is -0.142. The Morgan fingerprint density at radius 1 is 1.00 bits per heavy atom. The lowest BCUT2D eigenvalue weighted by Crippen LogP contribution is -2.49. The van der Waals surface area contributed by atoms with E-state index in [9.17, 15) is 4.79 Å². The number of hydrogen-bond acceptors (Lipinski definition) is 4. The minimum atomic E-state index is -0.560. The van der Waals surface area contributed by atoms with Gasteiger partial charge in [0.2, 0.25) is 6.10 Å². The van der Waals surface area contributed by atoms with E-state index in [2.05, 4.69) is 21.7 Å². The van der Waals surface area contributed by atoms with Crippen LogP contribution < -0.4 is 9.47 Å². The van der Waals surface area contributed by atoms with Gasteiger partial charge in [-0.3, -0.25) is 4.79 Å². The number of aromatic nitrogens is 2. The van der Waals surface area contributed by atoms with Gasteiger partial charge in [0, 0.05) is 37.6 Å². The number of amides is 1. The molecule has 0 radical (unpaired) electrons. The van der Waals surface area contributed by atoms with Gasteiger partial charge in [-0.15, -0.1) is 0 Å². The first-order chi connectivity index (χ1) is 14.8. The first-order valence-corrected chi connectivity index (χ1v) is 10.5. The van der Waals surface area contributed by atoms with Crippen molar-refractivity contribution in [3.63, 3.8) is 0 Å². The first kappa shape index (κ1) is 18.7. The third kappa shape index (κ3) is 3.77. The van der Waals surface area contributed by atoms with Crippen molar-refractivity contribution >= 4 is 5.91 Å². The number of benzene rings is 2. The predicted molar refractivity (Wildman–Crippen MR) is 113 cm³/mol. The van der Waals surface area contributed by atoms with Gasteiger partial charge in [0.05, 0.1) is 0 Å². The van der Waals surface area contributed by atoms with Gasteiger partial charge in [-0.05, 0) is 30.9 Å². The molecule has 3 heterocycles. The Morgan fingerprint density at radius 3 is 2.53 bits per heavy atom. The smallest absolute Gasteiger partial charge is 0.267 e. The summed E-state index contributed by atoms with van der Waals surface area (Å²) in [6, 6.07) is 17.8. The van der Waals surface area contributed by atoms with E-state index >= 15 is 0 Å². The highest BCUT2D eigenvalue weighted by molar-refractivity contribution is 5.82. The molecule has 2 aliphatic heterocycles. The van der Waals surface area contributed by atoms with E-state index in [-0.39, 0.29) is 12.5 Å². The molecule has 1 amide bonds. The Kier molecular flexibility index (Phi) is 5.13. The molecule has 0 spiro atoms. The molecule has 1 atom stereocenters. The Bertz CT molecular complexity index is 1010. The largest absolute Gasteiger partial charge is 0.485 e. The molecule has 2 aliphatic rings. The van der Waals surface area contributed by atoms with Crippen LogP contribution >= 0.6 is 0 Å². The fourth-order valence-electron chi connectivity index (χ4n) is 4.26. The molecule has 0 N–H and O–H groups in total. The van der Waals surface area contributed by atoms with Gasteiger partial charge in [0.1, 0.15) is 12.4 Å². The number of hydrogen-bond donors (Lipinski definition) is 0. The van der Waals surface area contributed by atoms with Gasteiger partial charge in [0.15, 0.2) is 11.5 Å². The second-order valence-corrected chi connectivity index (χ2v) is 7.90. The van der Waals surface area contributed by atoms with Crippen LogP contribution in [0, 0.1) is 5.92 Å². The standard InChI is InChI=1S/C24H25N3O3/c28-24(22-17-29-20-8-4-5-9-21(20)30-22)26-13-10-18(11-14-26)16-27-15-12-25-23(27)19-6-2-1-3-7-19/h1-9,12,15,18,22H,10-11,13-14,16-17H2. The zero-order valence-electron chi connectivity index (χ0n) is 16.8. The number of ether oxygens (including phenoxy) is 2. The highest BCUT2D eigenvalue weighted by atomic mass is 16.6. The monoisotopic (exact) mass is 403 g/mol. The number of fused-ring (bicyclic) bond motifs is 1. The summed E-state index contributed by atoms with van der Waals surface area (Å²) in [5, 5.41) is 0. The minimum absolute atomic E-state index is 0.0237. The van der Waals surface area contributed by atoms with E-state index in [0.717, 1.165) is 43.9 Å². The summed E-state index contributed by atoms with van der Waals surface area (Å²) in [6.45, 7) is 2.69. The molecule has 0 aliphatic carbocycles. The van der Waals surface area contributed by atoms with Crippen molar-refractivity contribution in [2.24, 2.45) is 5.92 Å². The SMILES string of the molecule is O=C(C1COc2ccccc2O1)N1CCC(Cn2ccnc2-c2ccccc2)CC1. The number of piperidine rings is 1. The average Bonchev–Trinajstić information content (AvgIpc) is 3.27. The van der Waals surface area contributed by atoms with Crippen molar-refractivity contribution in [3.05, 3.63) is 67.0 Å². The van der Waals surface area contributed by atoms with E-state index in [0.29, 0.717) is 17.4 Å². The molecular weight excluding hydrogens is 378 g/mol. The highest BCUT2D eigenvalue weighted by Crippen LogP contribution is 2.32. The van der Waals surface area contributed by atoms with E-state index in [1.54, 1.807) is 0 Å². The number of imidazole rings is 1. The summed E-state index contributed by atoms with van der Waals surface area (Å²) in [5.74, 6) is 2.89. The first-order valence-electron chi connectivity index (χ1n) is 10.5. The zero-order valence-corrected chi connectivity index (χ0v) is 16.8. The maximum atomic E-state index is 12.9. The third-order valence-corrected chi connectivity index (χ3v) is 5.91. The summed E-state index contributed by atoms with van der Waals surface area (Å²) >= 11 is 0. The van der Waals surface area contributed by atoms with Crippen molar-refractivity contribution in [2.45, 2.75) is 25.5 Å². The van der Waals surface area contributed by atoms with Crippen LogP contribution in [-0.4, -0.2) is 46.2 Å². The molecule has 6 heteroatoms. The molecule has 1 unspecified atom stereocenters. The quantitative estimate of drug-likeness (QED) is 0.668. The van der Waals surface area contributed by atoms with Gasteiger partial charge in [-0.25, -0.2) is 4.98 Å². The van der Waals surface area contributed by atoms with Crippen LogP contribution in [0.15, 0.2) is 67.0 Å². The van der Waals surface area contributed by atoms with Gasteiger partial charge in [0.25, 0.3) is 5.91 Å². The van der Waals surface area contributed by atoms with Gasteiger partial charge >= 0.3 is 0 Å². The summed E-state index contributed by atoms with van der Waals surface area (Å²) in [5.41, 5.74) is 1.13. The highest BCUT2D eigenvalue weighted by Gasteiger charge is 2.33. The van der Waals surface area contributed by atoms with Crippen molar-refractivity contribution in [1.82, 2.24) is 14.5 Å². The molecule has 2 aromatic carbocycles. The second kappa shape index (κ2) is 8.22. The summed E-state index contributed by atoms with van der Waals surface area (Å²) in [7, 11) is 0. The topological polar surface area (TPSA) is 56.6 Å². The van der Waals surface area contributed by atoms with Crippen LogP contribution in [-0.2, 0) is 11.3 Å². The Labute approximate surface area is 176 Å². The van der Waals surface area contributed by atoms with Crippen molar-refractivity contribution < 1.29 is 14.3 Å². The number of nitrogens with zero attached hydrogens (tertiary/aromatic N) is 3. The predicted octanol–water partition coefficient (Wildman–Crippen LogP) is 3.63. The molecule has 0 bridgehead atoms. The number of likely N-dealkylation sites (tertiary alicyclic amines) is 1. The molecule has 1 saturated heterocycles. The molecule has 30 heavy (non-hydrogen) atoms. The molecule has 1 fully saturated rings. The fraction of sp³-hybridized carbons (Fsp3) is 0.333. The molecule has 0 saturated carbocycles. The average molecular weight is 403 g/mol. The lowest BCUT2D eigenvalue weighted by atomic mass is 9.96. The van der Waals surface area contributed by atoms with E-state index in [1.165, 1.54) is 0 Å². The van der Waals surface area contributed by atoms with Crippen LogP contribution in [0.5, 0.6) is 11.5 Å². The Balaban J connectivity index is 1.18. The molecule has 1 aromatic heterocycles. The van der Waals surface area contributed by atoms with Crippen LogP contribution in [0.25, 0.3) is 11.4 Å². The normalized spacial score (nSPS) is 18.9.